The van der Waals surface area contributed by atoms with E-state index < -0.39 is 23.7 Å². The number of rotatable bonds is 5. The van der Waals surface area contributed by atoms with Gasteiger partial charge in [0.1, 0.15) is 11.6 Å². The Morgan fingerprint density at radius 1 is 1.26 bits per heavy atom. The highest BCUT2D eigenvalue weighted by Gasteiger charge is 2.16. The zero-order chi connectivity index (χ0) is 17.0. The number of nitrogens with two attached hydrogens (primary N) is 1. The average Bonchev–Trinajstić information content (AvgIpc) is 2.46. The summed E-state index contributed by atoms with van der Waals surface area (Å²) < 4.78 is 19.1. The van der Waals surface area contributed by atoms with Crippen LogP contribution in [-0.2, 0) is 4.79 Å². The number of carbonyl (C=O) groups excluding carboxylic acids is 2. The smallest absolute Gasteiger partial charge is 0.265 e. The Labute approximate surface area is 137 Å². The zero-order valence-corrected chi connectivity index (χ0v) is 12.9. The van der Waals surface area contributed by atoms with Crippen LogP contribution in [0.15, 0.2) is 42.5 Å². The summed E-state index contributed by atoms with van der Waals surface area (Å²) in [6.07, 6.45) is -0.827. The van der Waals surface area contributed by atoms with E-state index in [0.29, 0.717) is 10.8 Å². The topological polar surface area (TPSA) is 81.4 Å². The molecule has 0 saturated carbocycles. The minimum Gasteiger partial charge on any atom is -0.481 e. The summed E-state index contributed by atoms with van der Waals surface area (Å²) in [5.41, 5.74) is 4.96. The first-order valence-electron chi connectivity index (χ1n) is 6.69. The molecule has 0 fully saturated rings. The summed E-state index contributed by atoms with van der Waals surface area (Å²) in [6, 6.07) is 10.2. The Balaban J connectivity index is 2.03. The number of hydrogen-bond acceptors (Lipinski definition) is 3. The Morgan fingerprint density at radius 3 is 2.61 bits per heavy atom. The number of halogens is 2. The van der Waals surface area contributed by atoms with Crippen LogP contribution in [0.2, 0.25) is 5.02 Å². The predicted molar refractivity (Wildman–Crippen MR) is 85.1 cm³/mol. The normalized spacial score (nSPS) is 11.6. The number of amides is 2. The number of anilines is 1. The maximum atomic E-state index is 13.6. The maximum absolute atomic E-state index is 13.6. The molecule has 0 unspecified atom stereocenters. The molecule has 0 bridgehead atoms. The third-order valence-electron chi connectivity index (χ3n) is 2.98. The molecule has 0 heterocycles. The summed E-state index contributed by atoms with van der Waals surface area (Å²) in [5.74, 6) is -1.72. The fraction of sp³-hybridized carbons (Fsp3) is 0.125. The summed E-state index contributed by atoms with van der Waals surface area (Å²) in [4.78, 5) is 23.0. The maximum Gasteiger partial charge on any atom is 0.265 e. The van der Waals surface area contributed by atoms with Gasteiger partial charge in [0.15, 0.2) is 6.10 Å². The Hall–Kier alpha value is -2.60. The molecule has 2 rings (SSSR count). The molecule has 23 heavy (non-hydrogen) atoms. The van der Waals surface area contributed by atoms with Crippen LogP contribution in [0.1, 0.15) is 17.3 Å². The average molecular weight is 337 g/mol. The van der Waals surface area contributed by atoms with Gasteiger partial charge in [0.2, 0.25) is 0 Å². The largest absolute Gasteiger partial charge is 0.481 e. The van der Waals surface area contributed by atoms with Crippen molar-refractivity contribution in [3.8, 4) is 5.75 Å². The molecule has 2 aromatic carbocycles. The van der Waals surface area contributed by atoms with Crippen LogP contribution in [0.3, 0.4) is 0 Å². The predicted octanol–water partition coefficient (Wildman–Crippen LogP) is 2.98. The zero-order valence-electron chi connectivity index (χ0n) is 12.2. The quantitative estimate of drug-likeness (QED) is 0.880. The van der Waals surface area contributed by atoms with E-state index in [2.05, 4.69) is 5.32 Å². The summed E-state index contributed by atoms with van der Waals surface area (Å²) in [5, 5.41) is 2.98. The third-order valence-corrected chi connectivity index (χ3v) is 3.22. The first kappa shape index (κ1) is 16.8. The Morgan fingerprint density at radius 2 is 2.00 bits per heavy atom. The number of ether oxygens (including phenoxy) is 1. The monoisotopic (exact) mass is 336 g/mol. The first-order valence-corrected chi connectivity index (χ1v) is 7.07. The van der Waals surface area contributed by atoms with Crippen molar-refractivity contribution in [2.24, 2.45) is 5.73 Å². The van der Waals surface area contributed by atoms with Crippen LogP contribution < -0.4 is 15.8 Å². The number of primary amides is 1. The van der Waals surface area contributed by atoms with E-state index in [0.717, 1.165) is 6.07 Å². The molecule has 0 aliphatic rings. The van der Waals surface area contributed by atoms with E-state index in [1.807, 2.05) is 0 Å². The lowest BCUT2D eigenvalue weighted by Crippen LogP contribution is -2.30. The van der Waals surface area contributed by atoms with Gasteiger partial charge in [-0.1, -0.05) is 17.7 Å². The van der Waals surface area contributed by atoms with Crippen molar-refractivity contribution in [3.05, 3.63) is 58.9 Å². The van der Waals surface area contributed by atoms with E-state index >= 15 is 0 Å². The molecule has 0 aliphatic carbocycles. The molecular weight excluding hydrogens is 323 g/mol. The lowest BCUT2D eigenvalue weighted by Gasteiger charge is -2.15. The number of benzene rings is 2. The summed E-state index contributed by atoms with van der Waals surface area (Å²) in [7, 11) is 0. The van der Waals surface area contributed by atoms with Gasteiger partial charge in [-0.25, -0.2) is 4.39 Å². The molecule has 1 atom stereocenters. The fourth-order valence-electron chi connectivity index (χ4n) is 1.83. The third kappa shape index (κ3) is 4.43. The van der Waals surface area contributed by atoms with Crippen LogP contribution >= 0.6 is 11.6 Å². The van der Waals surface area contributed by atoms with Crippen molar-refractivity contribution < 1.29 is 18.7 Å². The Kier molecular flexibility index (Phi) is 5.18. The van der Waals surface area contributed by atoms with Crippen molar-refractivity contribution in [3.63, 3.8) is 0 Å². The number of nitrogens with one attached hydrogen (secondary N) is 1. The van der Waals surface area contributed by atoms with Gasteiger partial charge in [-0.3, -0.25) is 9.59 Å². The molecule has 7 heteroatoms. The first-order chi connectivity index (χ1) is 10.9. The Bertz CT molecular complexity index is 752. The van der Waals surface area contributed by atoms with Gasteiger partial charge in [0.05, 0.1) is 5.56 Å². The number of hydrogen-bond donors (Lipinski definition) is 2. The molecule has 5 nitrogen and oxygen atoms in total. The van der Waals surface area contributed by atoms with Crippen molar-refractivity contribution in [1.29, 1.82) is 0 Å². The summed E-state index contributed by atoms with van der Waals surface area (Å²) >= 11 is 5.84. The molecule has 0 saturated heterocycles. The van der Waals surface area contributed by atoms with Gasteiger partial charge in [0.25, 0.3) is 11.8 Å². The highest BCUT2D eigenvalue weighted by Crippen LogP contribution is 2.19. The highest BCUT2D eigenvalue weighted by molar-refractivity contribution is 6.30. The SMILES string of the molecule is C[C@@H](Oc1cccc(Cl)c1)C(=O)Nc1ccc(C(N)=O)c(F)c1. The van der Waals surface area contributed by atoms with E-state index in [4.69, 9.17) is 22.1 Å². The second-order valence-electron chi connectivity index (χ2n) is 4.77. The minimum absolute atomic E-state index is 0.194. The van der Waals surface area contributed by atoms with Crippen LogP contribution in [0.4, 0.5) is 10.1 Å². The second-order valence-corrected chi connectivity index (χ2v) is 5.20. The van der Waals surface area contributed by atoms with Crippen molar-refractivity contribution in [1.82, 2.24) is 0 Å². The van der Waals surface area contributed by atoms with E-state index in [1.54, 1.807) is 31.2 Å². The number of carbonyl (C=O) groups is 2. The fourth-order valence-corrected chi connectivity index (χ4v) is 2.01. The van der Waals surface area contributed by atoms with Gasteiger partial charge in [-0.05, 0) is 43.3 Å². The molecular formula is C16H14ClFN2O3. The summed E-state index contributed by atoms with van der Waals surface area (Å²) in [6.45, 7) is 1.55. The van der Waals surface area contributed by atoms with Crippen molar-refractivity contribution in [2.75, 3.05) is 5.32 Å². The van der Waals surface area contributed by atoms with Gasteiger partial charge in [0, 0.05) is 10.7 Å². The van der Waals surface area contributed by atoms with E-state index in [-0.39, 0.29) is 11.3 Å². The van der Waals surface area contributed by atoms with Gasteiger partial charge in [-0.2, -0.15) is 0 Å². The van der Waals surface area contributed by atoms with E-state index in [9.17, 15) is 14.0 Å². The van der Waals surface area contributed by atoms with Crippen LogP contribution in [0, 0.1) is 5.82 Å². The van der Waals surface area contributed by atoms with Gasteiger partial charge in [-0.15, -0.1) is 0 Å². The standard InChI is InChI=1S/C16H14ClFN2O3/c1-9(23-12-4-2-3-10(17)7-12)16(22)20-11-5-6-13(15(19)21)14(18)8-11/h2-9H,1H3,(H2,19,21)(H,20,22)/t9-/m1/s1. The van der Waals surface area contributed by atoms with Crippen molar-refractivity contribution >= 4 is 29.1 Å². The second kappa shape index (κ2) is 7.11. The molecule has 0 spiro atoms. The van der Waals surface area contributed by atoms with Gasteiger partial charge >= 0.3 is 0 Å². The van der Waals surface area contributed by atoms with Crippen molar-refractivity contribution in [2.45, 2.75) is 13.0 Å². The lowest BCUT2D eigenvalue weighted by atomic mass is 10.2. The molecule has 0 aromatic heterocycles. The molecule has 2 aromatic rings. The minimum atomic E-state index is -0.877. The van der Waals surface area contributed by atoms with Crippen LogP contribution in [0.5, 0.6) is 5.75 Å². The molecule has 2 amide bonds. The highest BCUT2D eigenvalue weighted by atomic mass is 35.5. The molecule has 0 aliphatic heterocycles. The molecule has 0 radical (unpaired) electrons. The van der Waals surface area contributed by atoms with Crippen LogP contribution in [0.25, 0.3) is 0 Å². The van der Waals surface area contributed by atoms with Gasteiger partial charge < -0.3 is 15.8 Å². The molecule has 3 N–H and O–H groups in total. The molecule has 120 valence electrons. The van der Waals surface area contributed by atoms with Crippen LogP contribution in [-0.4, -0.2) is 17.9 Å². The van der Waals surface area contributed by atoms with E-state index in [1.165, 1.54) is 12.1 Å². The lowest BCUT2D eigenvalue weighted by molar-refractivity contribution is -0.122.